The lowest BCUT2D eigenvalue weighted by molar-refractivity contribution is -0.130. The number of benzene rings is 1. The van der Waals surface area contributed by atoms with E-state index in [1.165, 1.54) is 0 Å². The third-order valence-electron chi connectivity index (χ3n) is 3.10. The van der Waals surface area contributed by atoms with Crippen molar-refractivity contribution >= 4 is 17.7 Å². The first-order valence-electron chi connectivity index (χ1n) is 6.14. The fourth-order valence-electron chi connectivity index (χ4n) is 2.00. The molecule has 19 heavy (non-hydrogen) atoms. The quantitative estimate of drug-likeness (QED) is 0.660. The first kappa shape index (κ1) is 13.3. The maximum Gasteiger partial charge on any atom is 0.325 e. The molecule has 1 aromatic carbocycles. The number of nitrogens with one attached hydrogen (secondary N) is 1. The summed E-state index contributed by atoms with van der Waals surface area (Å²) in [7, 11) is 0. The first-order valence-corrected chi connectivity index (χ1v) is 6.14. The average molecular weight is 260 g/mol. The van der Waals surface area contributed by atoms with Crippen LogP contribution in [0.1, 0.15) is 30.6 Å². The molecule has 5 nitrogen and oxygen atoms in total. The van der Waals surface area contributed by atoms with Gasteiger partial charge >= 0.3 is 6.03 Å². The number of carbonyl (C=O) groups excluding carboxylic acids is 3. The second kappa shape index (κ2) is 4.84. The van der Waals surface area contributed by atoms with E-state index in [0.29, 0.717) is 5.56 Å². The average Bonchev–Trinajstić information content (AvgIpc) is 2.57. The minimum absolute atomic E-state index is 0.0779. The molecule has 1 heterocycles. The molecule has 1 N–H and O–H groups in total. The summed E-state index contributed by atoms with van der Waals surface area (Å²) >= 11 is 0. The molecule has 0 aliphatic carbocycles. The molecule has 5 heteroatoms. The van der Waals surface area contributed by atoms with Crippen LogP contribution < -0.4 is 5.32 Å². The van der Waals surface area contributed by atoms with Crippen LogP contribution in [0.5, 0.6) is 0 Å². The van der Waals surface area contributed by atoms with Gasteiger partial charge in [0.25, 0.3) is 5.91 Å². The maximum absolute atomic E-state index is 11.9. The lowest BCUT2D eigenvalue weighted by Gasteiger charge is -2.15. The Labute approximate surface area is 111 Å². The number of hydrogen-bond acceptors (Lipinski definition) is 3. The number of ketones is 1. The molecular formula is C14H16N2O3. The van der Waals surface area contributed by atoms with E-state index in [2.05, 4.69) is 5.32 Å². The van der Waals surface area contributed by atoms with Crippen LogP contribution in [0.3, 0.4) is 0 Å². The normalized spacial score (nSPS) is 17.5. The fraction of sp³-hybridized carbons (Fsp3) is 0.357. The fourth-order valence-corrected chi connectivity index (χ4v) is 2.00. The van der Waals surface area contributed by atoms with Gasteiger partial charge in [-0.1, -0.05) is 30.3 Å². The number of amides is 3. The number of nitrogens with zero attached hydrogens (tertiary/aromatic N) is 1. The molecule has 0 aromatic heterocycles. The van der Waals surface area contributed by atoms with Gasteiger partial charge in [-0.2, -0.15) is 0 Å². The molecule has 1 fully saturated rings. The highest BCUT2D eigenvalue weighted by atomic mass is 16.2. The van der Waals surface area contributed by atoms with Gasteiger partial charge in [0.1, 0.15) is 5.54 Å². The standard InChI is InChI=1S/C14H16N2O3/c1-14(2)12(18)16(13(19)15-14)9-8-11(17)10-6-4-3-5-7-10/h3-7H,8-9H2,1-2H3,(H,15,19). The van der Waals surface area contributed by atoms with Gasteiger partial charge in [-0.15, -0.1) is 0 Å². The van der Waals surface area contributed by atoms with E-state index >= 15 is 0 Å². The van der Waals surface area contributed by atoms with Gasteiger partial charge < -0.3 is 5.32 Å². The topological polar surface area (TPSA) is 66.5 Å². The van der Waals surface area contributed by atoms with Crippen molar-refractivity contribution < 1.29 is 14.4 Å². The molecule has 3 amide bonds. The molecule has 0 atom stereocenters. The minimum Gasteiger partial charge on any atom is -0.324 e. The van der Waals surface area contributed by atoms with Gasteiger partial charge in [0.05, 0.1) is 0 Å². The molecule has 0 radical (unpaired) electrons. The highest BCUT2D eigenvalue weighted by Gasteiger charge is 2.43. The minimum atomic E-state index is -0.882. The van der Waals surface area contributed by atoms with Crippen LogP contribution in [-0.4, -0.2) is 34.7 Å². The van der Waals surface area contributed by atoms with Gasteiger partial charge in [0.15, 0.2) is 5.78 Å². The molecule has 1 aliphatic rings. The predicted molar refractivity (Wildman–Crippen MR) is 69.7 cm³/mol. The molecule has 1 aliphatic heterocycles. The Hall–Kier alpha value is -2.17. The van der Waals surface area contributed by atoms with E-state index in [1.807, 2.05) is 6.07 Å². The molecule has 0 saturated carbocycles. The molecule has 0 bridgehead atoms. The lowest BCUT2D eigenvalue weighted by Crippen LogP contribution is -2.40. The van der Waals surface area contributed by atoms with E-state index in [4.69, 9.17) is 0 Å². The second-order valence-electron chi connectivity index (χ2n) is 5.05. The first-order chi connectivity index (χ1) is 8.92. The predicted octanol–water partition coefficient (Wildman–Crippen LogP) is 1.59. The van der Waals surface area contributed by atoms with Crippen molar-refractivity contribution in [1.29, 1.82) is 0 Å². The summed E-state index contributed by atoms with van der Waals surface area (Å²) in [5.74, 6) is -0.371. The van der Waals surface area contributed by atoms with E-state index in [1.54, 1.807) is 38.1 Å². The van der Waals surface area contributed by atoms with Gasteiger partial charge in [0.2, 0.25) is 0 Å². The van der Waals surface area contributed by atoms with E-state index in [0.717, 1.165) is 4.90 Å². The highest BCUT2D eigenvalue weighted by molar-refractivity contribution is 6.07. The summed E-state index contributed by atoms with van der Waals surface area (Å²) < 4.78 is 0. The van der Waals surface area contributed by atoms with E-state index < -0.39 is 11.6 Å². The largest absolute Gasteiger partial charge is 0.325 e. The molecule has 1 saturated heterocycles. The summed E-state index contributed by atoms with van der Waals surface area (Å²) in [6, 6.07) is 8.40. The third-order valence-corrected chi connectivity index (χ3v) is 3.10. The Balaban J connectivity index is 1.99. The number of imide groups is 1. The number of Topliss-reactive ketones (excluding diaryl/α,β-unsaturated/α-hetero) is 1. The summed E-state index contributed by atoms with van der Waals surface area (Å²) in [6.07, 6.45) is 0.138. The van der Waals surface area contributed by atoms with Crippen LogP contribution in [0, 0.1) is 0 Å². The maximum atomic E-state index is 11.9. The van der Waals surface area contributed by atoms with Crippen molar-refractivity contribution in [2.24, 2.45) is 0 Å². The van der Waals surface area contributed by atoms with Crippen molar-refractivity contribution in [3.8, 4) is 0 Å². The van der Waals surface area contributed by atoms with Gasteiger partial charge in [-0.05, 0) is 13.8 Å². The van der Waals surface area contributed by atoms with E-state index in [-0.39, 0.29) is 24.7 Å². The molecule has 0 spiro atoms. The van der Waals surface area contributed by atoms with Crippen LogP contribution in [0.15, 0.2) is 30.3 Å². The SMILES string of the molecule is CC1(C)NC(=O)N(CCC(=O)c2ccccc2)C1=O. The number of rotatable bonds is 4. The summed E-state index contributed by atoms with van der Waals surface area (Å²) in [4.78, 5) is 36.6. The molecular weight excluding hydrogens is 244 g/mol. The summed E-state index contributed by atoms with van der Waals surface area (Å²) in [5.41, 5.74) is -0.291. The Morgan fingerprint density at radius 3 is 2.37 bits per heavy atom. The number of hydrogen-bond donors (Lipinski definition) is 1. The van der Waals surface area contributed by atoms with Crippen LogP contribution >= 0.6 is 0 Å². The molecule has 2 rings (SSSR count). The van der Waals surface area contributed by atoms with Crippen LogP contribution in [-0.2, 0) is 4.79 Å². The smallest absolute Gasteiger partial charge is 0.324 e. The lowest BCUT2D eigenvalue weighted by atomic mass is 10.1. The van der Waals surface area contributed by atoms with Crippen LogP contribution in [0.2, 0.25) is 0 Å². The van der Waals surface area contributed by atoms with Crippen LogP contribution in [0.4, 0.5) is 4.79 Å². The highest BCUT2D eigenvalue weighted by Crippen LogP contribution is 2.17. The van der Waals surface area contributed by atoms with Crippen molar-refractivity contribution in [1.82, 2.24) is 10.2 Å². The number of carbonyl (C=O) groups is 3. The third kappa shape index (κ3) is 2.65. The summed E-state index contributed by atoms with van der Waals surface area (Å²) in [5, 5.41) is 2.58. The summed E-state index contributed by atoms with van der Waals surface area (Å²) in [6.45, 7) is 3.40. The van der Waals surface area contributed by atoms with Crippen molar-refractivity contribution in [2.75, 3.05) is 6.54 Å². The van der Waals surface area contributed by atoms with E-state index in [9.17, 15) is 14.4 Å². The van der Waals surface area contributed by atoms with Crippen molar-refractivity contribution in [2.45, 2.75) is 25.8 Å². The Morgan fingerprint density at radius 2 is 1.84 bits per heavy atom. The molecule has 100 valence electrons. The number of urea groups is 1. The Morgan fingerprint density at radius 1 is 1.21 bits per heavy atom. The zero-order valence-electron chi connectivity index (χ0n) is 11.0. The van der Waals surface area contributed by atoms with Gasteiger partial charge in [-0.25, -0.2) is 4.79 Å². The van der Waals surface area contributed by atoms with Crippen LogP contribution in [0.25, 0.3) is 0 Å². The second-order valence-corrected chi connectivity index (χ2v) is 5.05. The zero-order chi connectivity index (χ0) is 14.0. The van der Waals surface area contributed by atoms with Gasteiger partial charge in [-0.3, -0.25) is 14.5 Å². The Bertz CT molecular complexity index is 523. The molecule has 0 unspecified atom stereocenters. The van der Waals surface area contributed by atoms with Crippen molar-refractivity contribution in [3.63, 3.8) is 0 Å². The Kier molecular flexibility index (Phi) is 3.38. The molecule has 1 aromatic rings. The zero-order valence-corrected chi connectivity index (χ0v) is 11.0. The van der Waals surface area contributed by atoms with Crippen molar-refractivity contribution in [3.05, 3.63) is 35.9 Å². The van der Waals surface area contributed by atoms with Gasteiger partial charge in [0, 0.05) is 18.5 Å². The monoisotopic (exact) mass is 260 g/mol.